The van der Waals surface area contributed by atoms with E-state index in [4.69, 9.17) is 14.5 Å². The van der Waals surface area contributed by atoms with E-state index in [1.165, 1.54) is 6.33 Å². The van der Waals surface area contributed by atoms with Gasteiger partial charge in [-0.3, -0.25) is 4.98 Å². The minimum Gasteiger partial charge on any atom is -0.408 e. The zero-order chi connectivity index (χ0) is 19.1. The van der Waals surface area contributed by atoms with Gasteiger partial charge in [0.05, 0.1) is 11.2 Å². The van der Waals surface area contributed by atoms with Crippen molar-refractivity contribution in [1.82, 2.24) is 34.5 Å². The van der Waals surface area contributed by atoms with E-state index in [2.05, 4.69) is 15.1 Å². The van der Waals surface area contributed by atoms with Crippen LogP contribution in [-0.4, -0.2) is 34.5 Å². The minimum atomic E-state index is -0.507. The molecule has 2 aromatic carbocycles. The molecule has 0 bridgehead atoms. The number of aryl methyl sites for hydroxylation is 1. The van der Waals surface area contributed by atoms with E-state index in [1.807, 2.05) is 43.3 Å². The van der Waals surface area contributed by atoms with Crippen LogP contribution in [-0.2, 0) is 6.54 Å². The molecular formula is C19H15N7O2. The lowest BCUT2D eigenvalue weighted by molar-refractivity contribution is 0.555. The summed E-state index contributed by atoms with van der Waals surface area (Å²) in [5, 5.41) is 8.82. The van der Waals surface area contributed by atoms with Crippen molar-refractivity contribution < 1.29 is 4.42 Å². The van der Waals surface area contributed by atoms with Crippen molar-refractivity contribution in [1.29, 1.82) is 0 Å². The molecule has 1 N–H and O–H groups in total. The summed E-state index contributed by atoms with van der Waals surface area (Å²) >= 11 is 0. The number of aromatic amines is 1. The summed E-state index contributed by atoms with van der Waals surface area (Å²) in [6.07, 6.45) is 3.08. The minimum absolute atomic E-state index is 0.379. The number of aromatic nitrogens is 7. The van der Waals surface area contributed by atoms with Gasteiger partial charge in [0.2, 0.25) is 0 Å². The van der Waals surface area contributed by atoms with Crippen molar-refractivity contribution in [2.45, 2.75) is 13.5 Å². The molecule has 5 rings (SSSR count). The Morgan fingerprint density at radius 1 is 1.14 bits per heavy atom. The zero-order valence-corrected chi connectivity index (χ0v) is 14.9. The summed E-state index contributed by atoms with van der Waals surface area (Å²) in [7, 11) is 0. The number of fused-ring (bicyclic) bond motifs is 1. The summed E-state index contributed by atoms with van der Waals surface area (Å²) in [5.41, 5.74) is 3.73. The maximum atomic E-state index is 11.7. The smallest absolute Gasteiger partial charge is 0.408 e. The Bertz CT molecular complexity index is 1330. The van der Waals surface area contributed by atoms with Crippen molar-refractivity contribution >= 4 is 11.1 Å². The molecule has 0 saturated carbocycles. The first kappa shape index (κ1) is 16.2. The van der Waals surface area contributed by atoms with Crippen molar-refractivity contribution in [3.05, 3.63) is 77.1 Å². The SMILES string of the molecule is Cc1ccccc1-n1nc(Cn2cncn2)nc1-c1cccc2oc(=O)[nH]c12. The van der Waals surface area contributed by atoms with E-state index >= 15 is 0 Å². The summed E-state index contributed by atoms with van der Waals surface area (Å²) in [6.45, 7) is 2.39. The highest BCUT2D eigenvalue weighted by Gasteiger charge is 2.19. The van der Waals surface area contributed by atoms with Crippen LogP contribution >= 0.6 is 0 Å². The van der Waals surface area contributed by atoms with Gasteiger partial charge in [0.1, 0.15) is 19.2 Å². The van der Waals surface area contributed by atoms with Crippen LogP contribution in [0.1, 0.15) is 11.4 Å². The van der Waals surface area contributed by atoms with E-state index in [9.17, 15) is 4.79 Å². The van der Waals surface area contributed by atoms with Crippen LogP contribution in [0, 0.1) is 6.92 Å². The molecule has 0 fully saturated rings. The monoisotopic (exact) mass is 373 g/mol. The van der Waals surface area contributed by atoms with Gasteiger partial charge >= 0.3 is 5.76 Å². The Morgan fingerprint density at radius 2 is 2.04 bits per heavy atom. The van der Waals surface area contributed by atoms with Gasteiger partial charge in [0.25, 0.3) is 0 Å². The Balaban J connectivity index is 1.74. The van der Waals surface area contributed by atoms with Crippen LogP contribution in [0.15, 0.2) is 64.3 Å². The first-order valence-electron chi connectivity index (χ1n) is 8.65. The lowest BCUT2D eigenvalue weighted by Crippen LogP contribution is -2.04. The van der Waals surface area contributed by atoms with Gasteiger partial charge in [-0.1, -0.05) is 24.3 Å². The maximum Gasteiger partial charge on any atom is 0.417 e. The number of hydrogen-bond donors (Lipinski definition) is 1. The van der Waals surface area contributed by atoms with Gasteiger partial charge in [-0.05, 0) is 30.7 Å². The number of oxazole rings is 1. The third-order valence-electron chi connectivity index (χ3n) is 4.46. The molecule has 138 valence electrons. The van der Waals surface area contributed by atoms with Gasteiger partial charge < -0.3 is 4.42 Å². The molecule has 3 heterocycles. The van der Waals surface area contributed by atoms with Crippen molar-refractivity contribution in [2.75, 3.05) is 0 Å². The average molecular weight is 373 g/mol. The number of rotatable bonds is 4. The number of nitrogens with one attached hydrogen (secondary N) is 1. The molecule has 3 aromatic heterocycles. The van der Waals surface area contributed by atoms with E-state index in [0.717, 1.165) is 16.8 Å². The average Bonchev–Trinajstić information content (AvgIpc) is 3.41. The lowest BCUT2D eigenvalue weighted by Gasteiger charge is -2.09. The quantitative estimate of drug-likeness (QED) is 0.518. The predicted molar refractivity (Wildman–Crippen MR) is 101 cm³/mol. The number of para-hydroxylation sites is 2. The third kappa shape index (κ3) is 2.69. The Kier molecular flexibility index (Phi) is 3.64. The summed E-state index contributed by atoms with van der Waals surface area (Å²) < 4.78 is 8.63. The lowest BCUT2D eigenvalue weighted by atomic mass is 10.1. The predicted octanol–water partition coefficient (Wildman–Crippen LogP) is 2.32. The van der Waals surface area contributed by atoms with Gasteiger partial charge in [-0.25, -0.2) is 24.1 Å². The second kappa shape index (κ2) is 6.31. The number of hydrogen-bond acceptors (Lipinski definition) is 6. The van der Waals surface area contributed by atoms with E-state index < -0.39 is 5.76 Å². The molecule has 0 radical (unpaired) electrons. The van der Waals surface area contributed by atoms with Gasteiger partial charge in [0, 0.05) is 5.56 Å². The fraction of sp³-hybridized carbons (Fsp3) is 0.105. The molecule has 0 spiro atoms. The molecule has 9 nitrogen and oxygen atoms in total. The van der Waals surface area contributed by atoms with Crippen molar-refractivity contribution in [3.63, 3.8) is 0 Å². The van der Waals surface area contributed by atoms with Crippen LogP contribution in [0.4, 0.5) is 0 Å². The largest absolute Gasteiger partial charge is 0.417 e. The topological polar surface area (TPSA) is 107 Å². The molecule has 0 aliphatic rings. The van der Waals surface area contributed by atoms with Crippen LogP contribution in [0.2, 0.25) is 0 Å². The molecule has 0 saturated heterocycles. The normalized spacial score (nSPS) is 11.3. The fourth-order valence-electron chi connectivity index (χ4n) is 3.18. The Labute approximate surface area is 158 Å². The van der Waals surface area contributed by atoms with Gasteiger partial charge in [-0.15, -0.1) is 5.10 Å². The molecule has 9 heteroatoms. The van der Waals surface area contributed by atoms with E-state index in [0.29, 0.717) is 29.3 Å². The molecule has 0 aliphatic heterocycles. The second-order valence-electron chi connectivity index (χ2n) is 6.34. The second-order valence-corrected chi connectivity index (χ2v) is 6.34. The highest BCUT2D eigenvalue weighted by atomic mass is 16.4. The Morgan fingerprint density at radius 3 is 2.86 bits per heavy atom. The molecule has 0 atom stereocenters. The highest BCUT2D eigenvalue weighted by Crippen LogP contribution is 2.28. The Hall–Kier alpha value is -4.01. The fourth-order valence-corrected chi connectivity index (χ4v) is 3.18. The van der Waals surface area contributed by atoms with Crippen LogP contribution in [0.3, 0.4) is 0 Å². The third-order valence-corrected chi connectivity index (χ3v) is 4.46. The highest BCUT2D eigenvalue weighted by molar-refractivity contribution is 5.88. The molecule has 0 aliphatic carbocycles. The number of H-pyrrole nitrogens is 1. The van der Waals surface area contributed by atoms with Crippen LogP contribution in [0.25, 0.3) is 28.2 Å². The van der Waals surface area contributed by atoms with Crippen molar-refractivity contribution in [3.8, 4) is 17.1 Å². The van der Waals surface area contributed by atoms with Gasteiger partial charge in [0.15, 0.2) is 17.2 Å². The van der Waals surface area contributed by atoms with Crippen LogP contribution in [0.5, 0.6) is 0 Å². The summed E-state index contributed by atoms with van der Waals surface area (Å²) in [5.74, 6) is 0.672. The zero-order valence-electron chi connectivity index (χ0n) is 14.9. The first-order valence-corrected chi connectivity index (χ1v) is 8.65. The van der Waals surface area contributed by atoms with Crippen molar-refractivity contribution in [2.24, 2.45) is 0 Å². The standard InChI is InChI=1S/C19H15N7O2/c1-12-5-2-3-7-14(12)26-18(22-16(24-26)9-25-11-20-10-21-25)13-6-4-8-15-17(13)23-19(27)28-15/h2-8,10-11H,9H2,1H3,(H,23,27). The number of nitrogens with zero attached hydrogens (tertiary/aromatic N) is 6. The summed E-state index contributed by atoms with van der Waals surface area (Å²) in [6, 6.07) is 13.4. The summed E-state index contributed by atoms with van der Waals surface area (Å²) in [4.78, 5) is 23.1. The first-order chi connectivity index (χ1) is 13.7. The molecule has 28 heavy (non-hydrogen) atoms. The molecule has 5 aromatic rings. The maximum absolute atomic E-state index is 11.7. The van der Waals surface area contributed by atoms with E-state index in [-0.39, 0.29) is 0 Å². The molecule has 0 unspecified atom stereocenters. The molecule has 0 amide bonds. The number of benzene rings is 2. The molecular weight excluding hydrogens is 358 g/mol. The van der Waals surface area contributed by atoms with Gasteiger partial charge in [-0.2, -0.15) is 5.10 Å². The van der Waals surface area contributed by atoms with E-state index in [1.54, 1.807) is 21.8 Å². The van der Waals surface area contributed by atoms with Crippen LogP contribution < -0.4 is 5.76 Å².